The maximum absolute atomic E-state index is 13.6. The lowest BCUT2D eigenvalue weighted by Crippen LogP contribution is -2.43. The van der Waals surface area contributed by atoms with E-state index in [2.05, 4.69) is 50.4 Å². The Morgan fingerprint density at radius 2 is 1.82 bits per heavy atom. The zero-order valence-corrected chi connectivity index (χ0v) is 25.8. The van der Waals surface area contributed by atoms with Crippen LogP contribution < -0.4 is 5.32 Å². The van der Waals surface area contributed by atoms with E-state index in [4.69, 9.17) is 11.6 Å². The summed E-state index contributed by atoms with van der Waals surface area (Å²) >= 11 is 6.36. The summed E-state index contributed by atoms with van der Waals surface area (Å²) in [6, 6.07) is 6.28. The second kappa shape index (κ2) is 12.3. The third-order valence-electron chi connectivity index (χ3n) is 9.27. The summed E-state index contributed by atoms with van der Waals surface area (Å²) in [5, 5.41) is 4.32. The number of sulfonamides is 1. The number of ketones is 1. The first kappa shape index (κ1) is 30.1. The topological polar surface area (TPSA) is 66.5 Å². The lowest BCUT2D eigenvalue weighted by Gasteiger charge is -2.35. The van der Waals surface area contributed by atoms with E-state index in [0.29, 0.717) is 32.4 Å². The van der Waals surface area contributed by atoms with Gasteiger partial charge in [-0.3, -0.25) is 4.79 Å². The molecule has 1 saturated heterocycles. The predicted molar refractivity (Wildman–Crippen MR) is 162 cm³/mol. The van der Waals surface area contributed by atoms with E-state index in [1.54, 1.807) is 4.31 Å². The Morgan fingerprint density at radius 3 is 2.51 bits per heavy atom. The van der Waals surface area contributed by atoms with Crippen molar-refractivity contribution in [2.24, 2.45) is 17.3 Å². The van der Waals surface area contributed by atoms with Gasteiger partial charge < -0.3 is 5.32 Å². The number of carbonyl (C=O) groups excluding carboxylic acids is 1. The van der Waals surface area contributed by atoms with Crippen LogP contribution in [0.15, 0.2) is 47.7 Å². The van der Waals surface area contributed by atoms with Gasteiger partial charge in [-0.1, -0.05) is 70.4 Å². The molecule has 1 saturated carbocycles. The fourth-order valence-electron chi connectivity index (χ4n) is 6.98. The van der Waals surface area contributed by atoms with Crippen LogP contribution in [0.25, 0.3) is 5.57 Å². The number of nitrogens with zero attached hydrogens (tertiary/aromatic N) is 1. The van der Waals surface area contributed by atoms with E-state index in [9.17, 15) is 13.2 Å². The van der Waals surface area contributed by atoms with Gasteiger partial charge in [-0.25, -0.2) is 12.7 Å². The van der Waals surface area contributed by atoms with Crippen LogP contribution in [0.2, 0.25) is 5.02 Å². The Morgan fingerprint density at radius 1 is 1.10 bits per heavy atom. The van der Waals surface area contributed by atoms with Crippen LogP contribution in [0, 0.1) is 17.3 Å². The number of Topliss-reactive ketones (excluding diaryl/α,β-unsaturated/α-hetero) is 1. The first-order valence-electron chi connectivity index (χ1n) is 14.7. The number of piperidine rings is 1. The number of benzene rings is 1. The molecule has 0 spiro atoms. The quantitative estimate of drug-likeness (QED) is 0.415. The second-order valence-electron chi connectivity index (χ2n) is 11.7. The van der Waals surface area contributed by atoms with Crippen molar-refractivity contribution < 1.29 is 13.2 Å². The molecule has 5 rings (SSSR count). The minimum Gasteiger partial charge on any atom is -0.380 e. The maximum Gasteiger partial charge on any atom is 0.214 e. The van der Waals surface area contributed by atoms with Crippen LogP contribution in [-0.4, -0.2) is 43.4 Å². The molecule has 3 atom stereocenters. The standard InChI is InChI=1S/C30H39ClN2O3S.C2H6/c1-4-6-23-18-27(34)26(30(23,2)3)19-37(35,36)33-15-12-20(13-16-33)28-25-11-10-24(31)17-22(25)9-8-21-7-5-14-32-29(21)28;1-2/h5,7,10-11,14,17,23,26,29,32H,4,6,8-9,12-13,15-16,18-19H2,1-3H3;1-2H3. The molecule has 39 heavy (non-hydrogen) atoms. The molecule has 7 heteroatoms. The van der Waals surface area contributed by atoms with Crippen LogP contribution in [0.1, 0.15) is 84.3 Å². The lowest BCUT2D eigenvalue weighted by molar-refractivity contribution is -0.121. The summed E-state index contributed by atoms with van der Waals surface area (Å²) in [6.07, 6.45) is 12.1. The molecule has 3 unspecified atom stereocenters. The van der Waals surface area contributed by atoms with Gasteiger partial charge >= 0.3 is 0 Å². The first-order chi connectivity index (χ1) is 18.6. The molecule has 0 bridgehead atoms. The minimum absolute atomic E-state index is 0.0614. The van der Waals surface area contributed by atoms with E-state index < -0.39 is 15.9 Å². The van der Waals surface area contributed by atoms with Gasteiger partial charge in [0.15, 0.2) is 0 Å². The largest absolute Gasteiger partial charge is 0.380 e. The number of dihydropyridines is 1. The van der Waals surface area contributed by atoms with Crippen LogP contribution in [-0.2, 0) is 21.2 Å². The highest BCUT2D eigenvalue weighted by Crippen LogP contribution is 2.48. The number of nitrogens with one attached hydrogen (secondary N) is 1. The Hall–Kier alpha value is -1.89. The van der Waals surface area contributed by atoms with Gasteiger partial charge in [0, 0.05) is 30.5 Å². The highest BCUT2D eigenvalue weighted by atomic mass is 35.5. The molecule has 2 fully saturated rings. The molecular weight excluding hydrogens is 528 g/mol. The summed E-state index contributed by atoms with van der Waals surface area (Å²) in [7, 11) is -3.53. The Kier molecular flexibility index (Phi) is 9.50. The summed E-state index contributed by atoms with van der Waals surface area (Å²) in [6.45, 7) is 11.2. The maximum atomic E-state index is 13.6. The molecule has 214 valence electrons. The molecule has 0 amide bonds. The van der Waals surface area contributed by atoms with Gasteiger partial charge in [-0.05, 0) is 90.1 Å². The molecule has 1 N–H and O–H groups in total. The van der Waals surface area contributed by atoms with Crippen molar-refractivity contribution in [2.75, 3.05) is 18.8 Å². The molecule has 0 aromatic heterocycles. The lowest BCUT2D eigenvalue weighted by atomic mass is 9.74. The van der Waals surface area contributed by atoms with Gasteiger partial charge in [0.05, 0.1) is 11.8 Å². The van der Waals surface area contributed by atoms with Gasteiger partial charge in [-0.2, -0.15) is 0 Å². The van der Waals surface area contributed by atoms with Crippen molar-refractivity contribution >= 4 is 33.0 Å². The Balaban J connectivity index is 0.00000172. The van der Waals surface area contributed by atoms with Crippen molar-refractivity contribution in [1.29, 1.82) is 0 Å². The monoisotopic (exact) mass is 572 g/mol. The molecule has 0 radical (unpaired) electrons. The fourth-order valence-corrected chi connectivity index (χ4v) is 9.16. The molecular formula is C32H45ClN2O3S. The van der Waals surface area contributed by atoms with Crippen LogP contribution >= 0.6 is 11.6 Å². The minimum atomic E-state index is -3.53. The highest BCUT2D eigenvalue weighted by molar-refractivity contribution is 7.89. The Labute approximate surface area is 240 Å². The molecule has 2 aliphatic carbocycles. The predicted octanol–water partition coefficient (Wildman–Crippen LogP) is 6.94. The zero-order valence-electron chi connectivity index (χ0n) is 24.2. The number of hydrogen-bond acceptors (Lipinski definition) is 4. The molecule has 4 aliphatic rings. The number of carbonyl (C=O) groups is 1. The average molecular weight is 573 g/mol. The number of allylic oxidation sites excluding steroid dienone is 2. The van der Waals surface area contributed by atoms with Crippen molar-refractivity contribution in [3.05, 3.63) is 63.8 Å². The molecule has 1 aromatic carbocycles. The van der Waals surface area contributed by atoms with Gasteiger partial charge in [0.25, 0.3) is 0 Å². The van der Waals surface area contributed by atoms with Crippen molar-refractivity contribution in [3.63, 3.8) is 0 Å². The average Bonchev–Trinajstić information content (AvgIpc) is 3.05. The third-order valence-corrected chi connectivity index (χ3v) is 11.4. The van der Waals surface area contributed by atoms with Crippen LogP contribution in [0.4, 0.5) is 0 Å². The van der Waals surface area contributed by atoms with Crippen molar-refractivity contribution in [2.45, 2.75) is 85.6 Å². The SMILES string of the molecule is CC.CCCC1CC(=O)C(CS(=O)(=O)N2CCC(=C3c4ccc(Cl)cc4CCC4=CC=CNC43)CC2)C1(C)C. The normalized spacial score (nSPS) is 26.6. The van der Waals surface area contributed by atoms with Gasteiger partial charge in [0.1, 0.15) is 5.78 Å². The van der Waals surface area contributed by atoms with Crippen molar-refractivity contribution in [3.8, 4) is 0 Å². The number of rotatable bonds is 5. The van der Waals surface area contributed by atoms with E-state index in [1.165, 1.54) is 27.8 Å². The van der Waals surface area contributed by atoms with Crippen molar-refractivity contribution in [1.82, 2.24) is 9.62 Å². The van der Waals surface area contributed by atoms with Gasteiger partial charge in [0.2, 0.25) is 10.0 Å². The summed E-state index contributed by atoms with van der Waals surface area (Å²) in [4.78, 5) is 12.9. The fraction of sp³-hybridized carbons (Fsp3) is 0.594. The summed E-state index contributed by atoms with van der Waals surface area (Å²) in [5.74, 6) is -0.0887. The molecule has 2 heterocycles. The molecule has 1 aromatic rings. The molecule has 2 aliphatic heterocycles. The first-order valence-corrected chi connectivity index (χ1v) is 16.7. The second-order valence-corrected chi connectivity index (χ2v) is 14.2. The highest BCUT2D eigenvalue weighted by Gasteiger charge is 2.50. The molecule has 5 nitrogen and oxygen atoms in total. The van der Waals surface area contributed by atoms with Gasteiger partial charge in [-0.15, -0.1) is 0 Å². The summed E-state index contributed by atoms with van der Waals surface area (Å²) in [5.41, 5.74) is 6.16. The van der Waals surface area contributed by atoms with E-state index in [-0.39, 0.29) is 28.9 Å². The number of aryl methyl sites for hydroxylation is 1. The van der Waals surface area contributed by atoms with E-state index in [1.807, 2.05) is 26.1 Å². The van der Waals surface area contributed by atoms with E-state index >= 15 is 0 Å². The van der Waals surface area contributed by atoms with Crippen LogP contribution in [0.5, 0.6) is 0 Å². The number of hydrogen-bond donors (Lipinski definition) is 1. The smallest absolute Gasteiger partial charge is 0.214 e. The zero-order chi connectivity index (χ0) is 28.4. The number of fused-ring (bicyclic) bond motifs is 2. The third kappa shape index (κ3) is 6.08. The van der Waals surface area contributed by atoms with E-state index in [0.717, 1.165) is 30.7 Å². The Bertz CT molecular complexity index is 1270. The van der Waals surface area contributed by atoms with Crippen LogP contribution in [0.3, 0.4) is 0 Å². The number of halogens is 1. The summed E-state index contributed by atoms with van der Waals surface area (Å²) < 4.78 is 28.7.